The Balaban J connectivity index is 1.68. The number of thioether (sulfide) groups is 1. The molecule has 1 amide bonds. The minimum Gasteiger partial charge on any atom is -0.343 e. The Labute approximate surface area is 163 Å². The third-order valence-corrected chi connectivity index (χ3v) is 7.64. The van der Waals surface area contributed by atoms with Gasteiger partial charge in [-0.25, -0.2) is 9.97 Å². The third kappa shape index (κ3) is 3.50. The van der Waals surface area contributed by atoms with Gasteiger partial charge in [-0.2, -0.15) is 0 Å². The number of thiophene rings is 1. The highest BCUT2D eigenvalue weighted by Gasteiger charge is 2.30. The average molecular weight is 390 g/mol. The predicted octanol–water partition coefficient (Wildman–Crippen LogP) is 4.65. The molecule has 0 radical (unpaired) electrons. The van der Waals surface area contributed by atoms with E-state index in [0.29, 0.717) is 11.7 Å². The van der Waals surface area contributed by atoms with Gasteiger partial charge in [-0.1, -0.05) is 18.7 Å². The first kappa shape index (κ1) is 18.2. The number of carbonyl (C=O) groups is 1. The van der Waals surface area contributed by atoms with Crippen molar-refractivity contribution in [2.75, 3.05) is 18.8 Å². The lowest BCUT2D eigenvalue weighted by Gasteiger charge is -2.19. The second kappa shape index (κ2) is 7.47. The predicted molar refractivity (Wildman–Crippen MR) is 109 cm³/mol. The van der Waals surface area contributed by atoms with Gasteiger partial charge in [-0.15, -0.1) is 11.3 Å². The Morgan fingerprint density at radius 3 is 2.69 bits per heavy atom. The minimum absolute atomic E-state index is 0.206. The number of aryl methyl sites for hydroxylation is 1. The first-order valence-corrected chi connectivity index (χ1v) is 11.6. The fourth-order valence-corrected chi connectivity index (χ4v) is 6.17. The molecule has 2 aliphatic rings. The topological polar surface area (TPSA) is 46.1 Å². The van der Waals surface area contributed by atoms with Gasteiger partial charge in [0.2, 0.25) is 5.91 Å². The number of aromatic nitrogens is 2. The molecule has 0 aliphatic heterocycles. The molecule has 140 valence electrons. The molecule has 0 spiro atoms. The highest BCUT2D eigenvalue weighted by Crippen LogP contribution is 2.44. The SMILES string of the molecule is CCN(CC)C(=O)CSc1nc(C2CC2)nc2sc3c(c12)CC[C@H](C)C3. The van der Waals surface area contributed by atoms with E-state index in [4.69, 9.17) is 9.97 Å². The Kier molecular flexibility index (Phi) is 5.24. The summed E-state index contributed by atoms with van der Waals surface area (Å²) in [6.45, 7) is 7.96. The molecule has 6 heteroatoms. The lowest BCUT2D eigenvalue weighted by molar-refractivity contribution is -0.127. The van der Waals surface area contributed by atoms with E-state index in [1.807, 2.05) is 30.1 Å². The second-order valence-electron chi connectivity index (χ2n) is 7.55. The Morgan fingerprint density at radius 1 is 1.23 bits per heavy atom. The van der Waals surface area contributed by atoms with Crippen molar-refractivity contribution in [1.29, 1.82) is 0 Å². The molecule has 2 aliphatic carbocycles. The van der Waals surface area contributed by atoms with Crippen LogP contribution in [0.5, 0.6) is 0 Å². The van der Waals surface area contributed by atoms with Crippen molar-refractivity contribution in [2.45, 2.75) is 63.8 Å². The zero-order valence-electron chi connectivity index (χ0n) is 15.9. The van der Waals surface area contributed by atoms with E-state index < -0.39 is 0 Å². The van der Waals surface area contributed by atoms with Gasteiger partial charge in [-0.3, -0.25) is 4.79 Å². The molecule has 0 bridgehead atoms. The van der Waals surface area contributed by atoms with Crippen LogP contribution >= 0.6 is 23.1 Å². The molecule has 0 N–H and O–H groups in total. The molecule has 0 unspecified atom stereocenters. The van der Waals surface area contributed by atoms with Crippen molar-refractivity contribution in [1.82, 2.24) is 14.9 Å². The molecule has 2 heterocycles. The van der Waals surface area contributed by atoms with Crippen LogP contribution in [0.1, 0.15) is 62.2 Å². The highest BCUT2D eigenvalue weighted by atomic mass is 32.2. The van der Waals surface area contributed by atoms with Gasteiger partial charge in [0, 0.05) is 29.3 Å². The van der Waals surface area contributed by atoms with Gasteiger partial charge in [0.25, 0.3) is 0 Å². The molecule has 2 aromatic rings. The second-order valence-corrected chi connectivity index (χ2v) is 9.60. The molecule has 0 aromatic carbocycles. The van der Waals surface area contributed by atoms with Gasteiger partial charge in [0.05, 0.1) is 5.75 Å². The number of hydrogen-bond donors (Lipinski definition) is 0. The summed E-state index contributed by atoms with van der Waals surface area (Å²) in [5.41, 5.74) is 1.46. The first-order chi connectivity index (χ1) is 12.6. The lowest BCUT2D eigenvalue weighted by atomic mass is 9.89. The normalized spacial score (nSPS) is 19.6. The molecular formula is C20H27N3OS2. The maximum atomic E-state index is 12.5. The average Bonchev–Trinajstić information content (AvgIpc) is 3.41. The van der Waals surface area contributed by atoms with E-state index in [9.17, 15) is 4.79 Å². The summed E-state index contributed by atoms with van der Waals surface area (Å²) in [6.07, 6.45) is 5.94. The van der Waals surface area contributed by atoms with Crippen LogP contribution in [0.3, 0.4) is 0 Å². The van der Waals surface area contributed by atoms with Crippen LogP contribution in [-0.2, 0) is 17.6 Å². The van der Waals surface area contributed by atoms with Crippen LogP contribution in [0.25, 0.3) is 10.2 Å². The molecular weight excluding hydrogens is 362 g/mol. The molecule has 1 saturated carbocycles. The smallest absolute Gasteiger partial charge is 0.232 e. The summed E-state index contributed by atoms with van der Waals surface area (Å²) >= 11 is 3.49. The molecule has 4 rings (SSSR count). The van der Waals surface area contributed by atoms with Crippen LogP contribution in [-0.4, -0.2) is 39.6 Å². The van der Waals surface area contributed by atoms with Gasteiger partial charge in [0.1, 0.15) is 15.7 Å². The van der Waals surface area contributed by atoms with E-state index in [0.717, 1.165) is 47.5 Å². The molecule has 26 heavy (non-hydrogen) atoms. The van der Waals surface area contributed by atoms with E-state index in [1.165, 1.54) is 35.1 Å². The Bertz CT molecular complexity index is 824. The standard InChI is InChI=1S/C20H27N3OS2/c1-4-23(5-2)16(24)11-25-19-17-14-9-6-12(3)10-15(14)26-20(17)22-18(21-19)13-7-8-13/h12-13H,4-11H2,1-3H3/t12-/m0/s1. The van der Waals surface area contributed by atoms with Crippen molar-refractivity contribution in [3.8, 4) is 0 Å². The number of carbonyl (C=O) groups excluding carboxylic acids is 1. The van der Waals surface area contributed by atoms with E-state index >= 15 is 0 Å². The van der Waals surface area contributed by atoms with E-state index in [2.05, 4.69) is 6.92 Å². The fourth-order valence-electron chi connectivity index (χ4n) is 3.75. The highest BCUT2D eigenvalue weighted by molar-refractivity contribution is 8.00. The molecule has 1 fully saturated rings. The number of amides is 1. The van der Waals surface area contributed by atoms with Crippen molar-refractivity contribution in [3.63, 3.8) is 0 Å². The van der Waals surface area contributed by atoms with Crippen LogP contribution in [0, 0.1) is 5.92 Å². The van der Waals surface area contributed by atoms with Crippen molar-refractivity contribution < 1.29 is 4.79 Å². The number of fused-ring (bicyclic) bond motifs is 3. The first-order valence-electron chi connectivity index (χ1n) is 9.83. The molecule has 1 atom stereocenters. The van der Waals surface area contributed by atoms with Crippen LogP contribution in [0.15, 0.2) is 5.03 Å². The van der Waals surface area contributed by atoms with Crippen molar-refractivity contribution in [3.05, 3.63) is 16.3 Å². The summed E-state index contributed by atoms with van der Waals surface area (Å²) in [4.78, 5) is 26.9. The van der Waals surface area contributed by atoms with Crippen LogP contribution in [0.2, 0.25) is 0 Å². The largest absolute Gasteiger partial charge is 0.343 e. The number of hydrogen-bond acceptors (Lipinski definition) is 5. The van der Waals surface area contributed by atoms with E-state index in [-0.39, 0.29) is 5.91 Å². The summed E-state index contributed by atoms with van der Waals surface area (Å²) in [5, 5.41) is 2.29. The van der Waals surface area contributed by atoms with Gasteiger partial charge >= 0.3 is 0 Å². The zero-order chi connectivity index (χ0) is 18.3. The fraction of sp³-hybridized carbons (Fsp3) is 0.650. The van der Waals surface area contributed by atoms with Gasteiger partial charge < -0.3 is 4.90 Å². The van der Waals surface area contributed by atoms with Crippen LogP contribution < -0.4 is 0 Å². The number of nitrogens with zero attached hydrogens (tertiary/aromatic N) is 3. The maximum absolute atomic E-state index is 12.5. The minimum atomic E-state index is 0.206. The summed E-state index contributed by atoms with van der Waals surface area (Å²) < 4.78 is 0. The summed E-state index contributed by atoms with van der Waals surface area (Å²) in [5.74, 6) is 2.97. The van der Waals surface area contributed by atoms with Gasteiger partial charge in [-0.05, 0) is 57.4 Å². The summed E-state index contributed by atoms with van der Waals surface area (Å²) in [7, 11) is 0. The van der Waals surface area contributed by atoms with Crippen molar-refractivity contribution in [2.24, 2.45) is 5.92 Å². The maximum Gasteiger partial charge on any atom is 0.232 e. The number of rotatable bonds is 6. The molecule has 4 nitrogen and oxygen atoms in total. The molecule has 0 saturated heterocycles. The van der Waals surface area contributed by atoms with Gasteiger partial charge in [0.15, 0.2) is 0 Å². The third-order valence-electron chi connectivity index (χ3n) is 5.53. The lowest BCUT2D eigenvalue weighted by Crippen LogP contribution is -2.31. The summed E-state index contributed by atoms with van der Waals surface area (Å²) in [6, 6.07) is 0. The monoisotopic (exact) mass is 389 g/mol. The van der Waals surface area contributed by atoms with Crippen LogP contribution in [0.4, 0.5) is 0 Å². The quantitative estimate of drug-likeness (QED) is 0.533. The zero-order valence-corrected chi connectivity index (χ0v) is 17.5. The molecule has 2 aromatic heterocycles. The Hall–Kier alpha value is -1.14. The van der Waals surface area contributed by atoms with E-state index in [1.54, 1.807) is 11.8 Å². The Morgan fingerprint density at radius 2 is 2.00 bits per heavy atom. The van der Waals surface area contributed by atoms with Crippen molar-refractivity contribution >= 4 is 39.2 Å².